The highest BCUT2D eigenvalue weighted by molar-refractivity contribution is 6.78. The van der Waals surface area contributed by atoms with Crippen LogP contribution in [0.1, 0.15) is 41.5 Å². The summed E-state index contributed by atoms with van der Waals surface area (Å²) in [5.41, 5.74) is 5.70. The van der Waals surface area contributed by atoms with Crippen LogP contribution < -0.4 is 4.43 Å². The van der Waals surface area contributed by atoms with Gasteiger partial charge in [0.05, 0.1) is 16.6 Å². The number of imidazole rings is 1. The molecule has 0 aliphatic heterocycles. The number of para-hydroxylation sites is 2. The molecule has 6 rings (SSSR count). The Labute approximate surface area is 238 Å². The minimum absolute atomic E-state index is 0.474. The van der Waals surface area contributed by atoms with Gasteiger partial charge in [-0.2, -0.15) is 0 Å². The fraction of sp³-hybridized carbons (Fsp3) is 0.250. The number of rotatable bonds is 7. The highest BCUT2D eigenvalue weighted by Gasteiger charge is 2.47. The van der Waals surface area contributed by atoms with E-state index in [2.05, 4.69) is 149 Å². The fourth-order valence-corrected chi connectivity index (χ4v) is 12.3. The van der Waals surface area contributed by atoms with Crippen molar-refractivity contribution in [2.45, 2.75) is 58.2 Å². The molecule has 0 N–H and O–H groups in total. The highest BCUT2D eigenvalue weighted by atomic mass is 28.4. The summed E-state index contributed by atoms with van der Waals surface area (Å²) in [4.78, 5) is 5.46. The van der Waals surface area contributed by atoms with E-state index in [0.29, 0.717) is 16.6 Å². The number of hydrogen-bond donors (Lipinski definition) is 0. The van der Waals surface area contributed by atoms with E-state index in [1.54, 1.807) is 0 Å². The van der Waals surface area contributed by atoms with Crippen molar-refractivity contribution in [3.05, 3.63) is 103 Å². The molecule has 4 heteroatoms. The molecule has 1 aromatic heterocycles. The zero-order chi connectivity index (χ0) is 28.0. The zero-order valence-corrected chi connectivity index (χ0v) is 25.3. The van der Waals surface area contributed by atoms with Crippen LogP contribution in [0.5, 0.6) is 5.75 Å². The van der Waals surface area contributed by atoms with Gasteiger partial charge < -0.3 is 4.43 Å². The molecule has 0 radical (unpaired) electrons. The molecule has 0 spiro atoms. The van der Waals surface area contributed by atoms with Gasteiger partial charge in [0.2, 0.25) is 0 Å². The molecule has 0 saturated carbocycles. The Balaban J connectivity index is 1.72. The predicted molar refractivity (Wildman–Crippen MR) is 173 cm³/mol. The van der Waals surface area contributed by atoms with Gasteiger partial charge in [0.25, 0.3) is 8.32 Å². The Hall–Kier alpha value is -3.89. The van der Waals surface area contributed by atoms with Crippen molar-refractivity contribution in [3.63, 3.8) is 0 Å². The molecule has 1 heterocycles. The molecule has 0 atom stereocenters. The van der Waals surface area contributed by atoms with Crippen LogP contribution >= 0.6 is 0 Å². The highest BCUT2D eigenvalue weighted by Crippen LogP contribution is 2.46. The van der Waals surface area contributed by atoms with Crippen LogP contribution in [-0.2, 0) is 0 Å². The van der Waals surface area contributed by atoms with Crippen molar-refractivity contribution < 1.29 is 4.43 Å². The van der Waals surface area contributed by atoms with Gasteiger partial charge in [-0.1, -0.05) is 120 Å². The Morgan fingerprint density at radius 2 is 1.07 bits per heavy atom. The molecule has 5 aromatic carbocycles. The fourth-order valence-electron chi connectivity index (χ4n) is 7.00. The molecule has 40 heavy (non-hydrogen) atoms. The lowest BCUT2D eigenvalue weighted by atomic mass is 10.00. The summed E-state index contributed by atoms with van der Waals surface area (Å²) in [6, 6.07) is 36.5. The summed E-state index contributed by atoms with van der Waals surface area (Å²) < 4.78 is 9.66. The zero-order valence-electron chi connectivity index (χ0n) is 24.3. The van der Waals surface area contributed by atoms with E-state index in [1.807, 2.05) is 0 Å². The first-order valence-corrected chi connectivity index (χ1v) is 16.6. The van der Waals surface area contributed by atoms with E-state index in [4.69, 9.17) is 9.41 Å². The normalized spacial score (nSPS) is 12.4. The van der Waals surface area contributed by atoms with Gasteiger partial charge >= 0.3 is 0 Å². The number of nitrogens with zero attached hydrogens (tertiary/aromatic N) is 2. The summed E-state index contributed by atoms with van der Waals surface area (Å²) in [5, 5.41) is 4.84. The Morgan fingerprint density at radius 3 is 1.70 bits per heavy atom. The largest absolute Gasteiger partial charge is 0.542 e. The van der Waals surface area contributed by atoms with Crippen molar-refractivity contribution in [1.82, 2.24) is 9.55 Å². The topological polar surface area (TPSA) is 27.1 Å². The average Bonchev–Trinajstić information content (AvgIpc) is 3.37. The van der Waals surface area contributed by atoms with Crippen molar-refractivity contribution >= 4 is 40.9 Å². The van der Waals surface area contributed by atoms with Gasteiger partial charge in [0.15, 0.2) is 0 Å². The first-order valence-electron chi connectivity index (χ1n) is 14.5. The van der Waals surface area contributed by atoms with Gasteiger partial charge in [-0.25, -0.2) is 4.98 Å². The summed E-state index contributed by atoms with van der Waals surface area (Å²) in [6.07, 6.45) is 0. The van der Waals surface area contributed by atoms with Crippen LogP contribution in [0.3, 0.4) is 0 Å². The third-order valence-electron chi connectivity index (χ3n) is 8.67. The van der Waals surface area contributed by atoms with Gasteiger partial charge in [-0.15, -0.1) is 0 Å². The molecule has 0 amide bonds. The maximum atomic E-state index is 7.32. The standard InChI is InChI=1S/C36H38N2OSi/c1-24(2)40(25(3)4,26(5)6)39-33-23-15-14-22-32(33)36-37-34-30-20-12-10-18-28(30)29-19-11-13-21-31(29)35(34)38(36)27-16-8-7-9-17-27/h7-26H,1-6H3. The molecule has 3 nitrogen and oxygen atoms in total. The van der Waals surface area contributed by atoms with Gasteiger partial charge in [0.1, 0.15) is 11.6 Å². The Bertz CT molecular complexity index is 1800. The molecule has 6 aromatic rings. The van der Waals surface area contributed by atoms with E-state index in [-0.39, 0.29) is 0 Å². The van der Waals surface area contributed by atoms with Crippen LogP contribution in [0.25, 0.3) is 49.7 Å². The van der Waals surface area contributed by atoms with Gasteiger partial charge in [-0.05, 0) is 51.7 Å². The van der Waals surface area contributed by atoms with Gasteiger partial charge in [0, 0.05) is 16.5 Å². The summed E-state index contributed by atoms with van der Waals surface area (Å²) in [7, 11) is -2.19. The number of fused-ring (bicyclic) bond motifs is 6. The molecular weight excluding hydrogens is 504 g/mol. The quantitative estimate of drug-likeness (QED) is 0.148. The smallest absolute Gasteiger partial charge is 0.258 e. The lowest BCUT2D eigenvalue weighted by molar-refractivity contribution is 0.481. The maximum Gasteiger partial charge on any atom is 0.258 e. The maximum absolute atomic E-state index is 7.32. The number of aromatic nitrogens is 2. The van der Waals surface area contributed by atoms with Crippen LogP contribution in [0.4, 0.5) is 0 Å². The molecule has 0 aliphatic carbocycles. The second-order valence-corrected chi connectivity index (χ2v) is 17.2. The van der Waals surface area contributed by atoms with Crippen molar-refractivity contribution in [2.75, 3.05) is 0 Å². The average molecular weight is 543 g/mol. The molecule has 0 fully saturated rings. The monoisotopic (exact) mass is 542 g/mol. The minimum Gasteiger partial charge on any atom is -0.542 e. The van der Waals surface area contributed by atoms with E-state index in [9.17, 15) is 0 Å². The van der Waals surface area contributed by atoms with Crippen molar-refractivity contribution in [1.29, 1.82) is 0 Å². The van der Waals surface area contributed by atoms with Crippen LogP contribution in [0.2, 0.25) is 16.6 Å². The Morgan fingerprint density at radius 1 is 0.575 bits per heavy atom. The number of benzene rings is 5. The first kappa shape index (κ1) is 26.3. The summed E-state index contributed by atoms with van der Waals surface area (Å²) >= 11 is 0. The summed E-state index contributed by atoms with van der Waals surface area (Å²) in [6.45, 7) is 14.0. The molecular formula is C36H38N2OSi. The second-order valence-electron chi connectivity index (χ2n) is 11.8. The summed E-state index contributed by atoms with van der Waals surface area (Å²) in [5.74, 6) is 1.85. The second kappa shape index (κ2) is 10.3. The van der Waals surface area contributed by atoms with Gasteiger partial charge in [-0.3, -0.25) is 4.57 Å². The van der Waals surface area contributed by atoms with Crippen molar-refractivity contribution in [3.8, 4) is 22.8 Å². The van der Waals surface area contributed by atoms with Crippen LogP contribution in [0, 0.1) is 0 Å². The van der Waals surface area contributed by atoms with E-state index in [0.717, 1.165) is 33.9 Å². The SMILES string of the molecule is CC(C)[Si](Oc1ccccc1-c1nc2c3ccccc3c3ccccc3c2n1-c1ccccc1)(C(C)C)C(C)C. The lowest BCUT2D eigenvalue weighted by Gasteiger charge is -2.42. The predicted octanol–water partition coefficient (Wildman–Crippen LogP) is 10.6. The van der Waals surface area contributed by atoms with E-state index >= 15 is 0 Å². The first-order chi connectivity index (χ1) is 19.3. The number of hydrogen-bond acceptors (Lipinski definition) is 2. The molecule has 0 unspecified atom stereocenters. The van der Waals surface area contributed by atoms with Crippen LogP contribution in [-0.4, -0.2) is 17.9 Å². The van der Waals surface area contributed by atoms with E-state index in [1.165, 1.54) is 21.5 Å². The lowest BCUT2D eigenvalue weighted by Crippen LogP contribution is -2.50. The minimum atomic E-state index is -2.19. The third kappa shape index (κ3) is 4.05. The third-order valence-corrected chi connectivity index (χ3v) is 14.7. The van der Waals surface area contributed by atoms with Crippen LogP contribution in [0.15, 0.2) is 103 Å². The molecule has 0 saturated heterocycles. The van der Waals surface area contributed by atoms with Crippen molar-refractivity contribution in [2.24, 2.45) is 0 Å². The van der Waals surface area contributed by atoms with E-state index < -0.39 is 8.32 Å². The molecule has 202 valence electrons. The molecule has 0 bridgehead atoms. The molecule has 0 aliphatic rings. The Kier molecular flexibility index (Phi) is 6.75.